The molecule has 1 rings (SSSR count). The summed E-state index contributed by atoms with van der Waals surface area (Å²) in [6.45, 7) is 11.9. The maximum Gasteiger partial charge on any atom is 0.226 e. The highest BCUT2D eigenvalue weighted by atomic mass is 32.2. The van der Waals surface area contributed by atoms with E-state index >= 15 is 0 Å². The molecule has 0 spiro atoms. The zero-order valence-corrected chi connectivity index (χ0v) is 17.2. The van der Waals surface area contributed by atoms with Crippen LogP contribution in [0.3, 0.4) is 0 Å². The Morgan fingerprint density at radius 2 is 2.00 bits per heavy atom. The largest absolute Gasteiger partial charge is 0.388 e. The molecular formula is C19H35NO4S. The lowest BCUT2D eigenvalue weighted by Gasteiger charge is -2.44. The third kappa shape index (κ3) is 4.72. The Kier molecular flexibility index (Phi) is 7.84. The highest BCUT2D eigenvalue weighted by molar-refractivity contribution is 7.79. The number of allylic oxidation sites excluding steroid dienone is 1. The summed E-state index contributed by atoms with van der Waals surface area (Å²) >= 11 is -1.93. The van der Waals surface area contributed by atoms with Crippen molar-refractivity contribution in [2.45, 2.75) is 73.0 Å². The van der Waals surface area contributed by atoms with Gasteiger partial charge in [-0.15, -0.1) is 0 Å². The molecule has 1 aliphatic carbocycles. The molecule has 6 atom stereocenters. The highest BCUT2D eigenvalue weighted by Gasteiger charge is 2.57. The summed E-state index contributed by atoms with van der Waals surface area (Å²) in [6, 6.07) is -0.178. The van der Waals surface area contributed by atoms with Crippen LogP contribution in [0.15, 0.2) is 12.2 Å². The number of rotatable bonds is 8. The normalized spacial score (nSPS) is 32.5. The smallest absolute Gasteiger partial charge is 0.226 e. The Labute approximate surface area is 154 Å². The van der Waals surface area contributed by atoms with Crippen molar-refractivity contribution in [3.8, 4) is 0 Å². The Hall–Kier alpha value is -0.720. The summed E-state index contributed by atoms with van der Waals surface area (Å²) in [5, 5.41) is 13.1. The van der Waals surface area contributed by atoms with Crippen molar-refractivity contribution in [2.24, 2.45) is 22.7 Å². The van der Waals surface area contributed by atoms with Crippen LogP contribution in [0, 0.1) is 22.7 Å². The summed E-state index contributed by atoms with van der Waals surface area (Å²) < 4.78 is 21.2. The van der Waals surface area contributed by atoms with Crippen LogP contribution in [0.2, 0.25) is 0 Å². The van der Waals surface area contributed by atoms with E-state index in [0.29, 0.717) is 5.92 Å². The van der Waals surface area contributed by atoms with Crippen molar-refractivity contribution in [1.29, 1.82) is 0 Å². The van der Waals surface area contributed by atoms with Crippen LogP contribution in [0.25, 0.3) is 0 Å². The maximum absolute atomic E-state index is 12.6. The first-order chi connectivity index (χ1) is 11.5. The van der Waals surface area contributed by atoms with Gasteiger partial charge >= 0.3 is 0 Å². The summed E-state index contributed by atoms with van der Waals surface area (Å²) in [4.78, 5) is 12.6. The number of aliphatic hydroxyl groups is 1. The van der Waals surface area contributed by atoms with Crippen LogP contribution < -0.4 is 5.32 Å². The lowest BCUT2D eigenvalue weighted by atomic mass is 9.65. The Morgan fingerprint density at radius 1 is 1.40 bits per heavy atom. The molecule has 0 aromatic rings. The second kappa shape index (κ2) is 8.78. The second-order valence-corrected chi connectivity index (χ2v) is 9.12. The van der Waals surface area contributed by atoms with Gasteiger partial charge < -0.3 is 15.0 Å². The first kappa shape index (κ1) is 22.3. The third-order valence-corrected chi connectivity index (χ3v) is 7.32. The molecule has 5 nitrogen and oxygen atoms in total. The van der Waals surface area contributed by atoms with E-state index in [1.165, 1.54) is 0 Å². The van der Waals surface area contributed by atoms with Gasteiger partial charge in [0.25, 0.3) is 0 Å². The predicted octanol–water partition coefficient (Wildman–Crippen LogP) is 3.12. The molecule has 0 saturated heterocycles. The van der Waals surface area contributed by atoms with E-state index in [4.69, 9.17) is 0 Å². The molecule has 4 unspecified atom stereocenters. The number of hydrogen-bond donors (Lipinski definition) is 3. The molecule has 0 aromatic carbocycles. The van der Waals surface area contributed by atoms with Crippen molar-refractivity contribution in [3.63, 3.8) is 0 Å². The number of aliphatic hydroxyl groups excluding tert-OH is 1. The Balaban J connectivity index is 3.05. The van der Waals surface area contributed by atoms with Crippen LogP contribution in [-0.4, -0.2) is 37.7 Å². The number of hydrogen-bond acceptors (Lipinski definition) is 3. The number of amides is 1. The first-order valence-corrected chi connectivity index (χ1v) is 10.5. The van der Waals surface area contributed by atoms with E-state index in [9.17, 15) is 18.7 Å². The molecule has 0 aliphatic heterocycles. The molecule has 0 aromatic heterocycles. The number of carbonyl (C=O) groups is 1. The SMILES string of the molecule is C/C=C/[C@@H](O)[C@@H](C)C(=O)NC1CC(CCC)C(C)(C)C1(C)CS(=O)O. The van der Waals surface area contributed by atoms with Gasteiger partial charge in [-0.1, -0.05) is 59.6 Å². The maximum atomic E-state index is 12.6. The fraction of sp³-hybridized carbons (Fsp3) is 0.842. The molecule has 3 N–H and O–H groups in total. The van der Waals surface area contributed by atoms with Gasteiger partial charge in [0.1, 0.15) is 0 Å². The van der Waals surface area contributed by atoms with Crippen LogP contribution in [-0.2, 0) is 15.9 Å². The van der Waals surface area contributed by atoms with E-state index in [-0.39, 0.29) is 23.1 Å². The summed E-state index contributed by atoms with van der Waals surface area (Å²) in [7, 11) is 0. The zero-order valence-electron chi connectivity index (χ0n) is 16.4. The fourth-order valence-corrected chi connectivity index (χ4v) is 5.25. The van der Waals surface area contributed by atoms with Gasteiger partial charge in [0.15, 0.2) is 11.1 Å². The van der Waals surface area contributed by atoms with E-state index < -0.39 is 28.5 Å². The molecule has 1 fully saturated rings. The summed E-state index contributed by atoms with van der Waals surface area (Å²) in [5.41, 5.74) is -0.641. The van der Waals surface area contributed by atoms with Gasteiger partial charge in [-0.2, -0.15) is 0 Å². The van der Waals surface area contributed by atoms with Crippen LogP contribution in [0.4, 0.5) is 0 Å². The van der Waals surface area contributed by atoms with E-state index in [1.54, 1.807) is 26.0 Å². The van der Waals surface area contributed by atoms with Gasteiger partial charge in [-0.3, -0.25) is 4.79 Å². The lowest BCUT2D eigenvalue weighted by molar-refractivity contribution is -0.128. The van der Waals surface area contributed by atoms with Crippen LogP contribution >= 0.6 is 0 Å². The van der Waals surface area contributed by atoms with Crippen molar-refractivity contribution >= 4 is 17.0 Å². The molecule has 1 saturated carbocycles. The van der Waals surface area contributed by atoms with E-state index in [1.807, 2.05) is 6.92 Å². The molecular weight excluding hydrogens is 338 g/mol. The fourth-order valence-electron chi connectivity index (χ4n) is 4.17. The lowest BCUT2D eigenvalue weighted by Crippen LogP contribution is -2.52. The van der Waals surface area contributed by atoms with Crippen molar-refractivity contribution in [2.75, 3.05) is 5.75 Å². The average molecular weight is 374 g/mol. The quantitative estimate of drug-likeness (QED) is 0.451. The van der Waals surface area contributed by atoms with Crippen LogP contribution in [0.1, 0.15) is 60.8 Å². The molecule has 6 heteroatoms. The van der Waals surface area contributed by atoms with Crippen LogP contribution in [0.5, 0.6) is 0 Å². The molecule has 0 bridgehead atoms. The van der Waals surface area contributed by atoms with Gasteiger partial charge in [0.05, 0.1) is 17.8 Å². The molecule has 0 radical (unpaired) electrons. The van der Waals surface area contributed by atoms with Crippen molar-refractivity contribution < 1.29 is 18.7 Å². The minimum Gasteiger partial charge on any atom is -0.388 e. The molecule has 1 aliphatic rings. The minimum atomic E-state index is -1.93. The second-order valence-electron chi connectivity index (χ2n) is 8.19. The predicted molar refractivity (Wildman–Crippen MR) is 102 cm³/mol. The minimum absolute atomic E-state index is 0.136. The van der Waals surface area contributed by atoms with Gasteiger partial charge in [-0.25, -0.2) is 4.21 Å². The Morgan fingerprint density at radius 3 is 2.48 bits per heavy atom. The summed E-state index contributed by atoms with van der Waals surface area (Å²) in [5.74, 6) is -0.254. The third-order valence-electron chi connectivity index (χ3n) is 6.47. The van der Waals surface area contributed by atoms with Crippen molar-refractivity contribution in [1.82, 2.24) is 5.32 Å². The Bertz CT molecular complexity index is 520. The monoisotopic (exact) mass is 373 g/mol. The first-order valence-electron chi connectivity index (χ1n) is 9.20. The van der Waals surface area contributed by atoms with Gasteiger partial charge in [-0.05, 0) is 24.7 Å². The highest BCUT2D eigenvalue weighted by Crippen LogP contribution is 2.57. The number of nitrogens with one attached hydrogen (secondary N) is 1. The molecule has 1 amide bonds. The molecule has 0 heterocycles. The standard InChI is InChI=1S/C19H35NO4S/c1-7-9-14-11-16(19(6,12-25(23)24)18(14,4)5)20-17(22)13(3)15(21)10-8-2/h8,10,13-16,21H,7,9,11-12H2,1-6H3,(H,20,22)(H,23,24)/b10-8+/t13-,14?,15-,16?,19?/m1/s1. The van der Waals surface area contributed by atoms with Crippen molar-refractivity contribution in [3.05, 3.63) is 12.2 Å². The van der Waals surface area contributed by atoms with E-state index in [0.717, 1.165) is 19.3 Å². The van der Waals surface area contributed by atoms with E-state index in [2.05, 4.69) is 26.1 Å². The van der Waals surface area contributed by atoms with Gasteiger partial charge in [0, 0.05) is 11.5 Å². The summed E-state index contributed by atoms with van der Waals surface area (Å²) in [6.07, 6.45) is 5.37. The zero-order chi connectivity index (χ0) is 19.4. The number of carbonyl (C=O) groups excluding carboxylic acids is 1. The molecule has 146 valence electrons. The van der Waals surface area contributed by atoms with Gasteiger partial charge in [0.2, 0.25) is 5.91 Å². The average Bonchev–Trinajstić information content (AvgIpc) is 2.67. The molecule has 25 heavy (non-hydrogen) atoms. The topological polar surface area (TPSA) is 86.6 Å².